The fourth-order valence-corrected chi connectivity index (χ4v) is 3.79. The van der Waals surface area contributed by atoms with Crippen LogP contribution in [0.25, 0.3) is 11.1 Å². The van der Waals surface area contributed by atoms with Gasteiger partial charge < -0.3 is 19.0 Å². The van der Waals surface area contributed by atoms with Crippen molar-refractivity contribution in [2.45, 2.75) is 13.6 Å². The molecule has 1 aliphatic rings. The van der Waals surface area contributed by atoms with Gasteiger partial charge in [-0.25, -0.2) is 9.36 Å². The molecule has 1 fully saturated rings. The number of benzene rings is 2. The lowest BCUT2D eigenvalue weighted by molar-refractivity contribution is -0.923. The highest BCUT2D eigenvalue weighted by molar-refractivity contribution is 6.31. The molecule has 1 aliphatic heterocycles. The van der Waals surface area contributed by atoms with Gasteiger partial charge in [0.15, 0.2) is 12.3 Å². The number of nitrogens with one attached hydrogen (secondary N) is 1. The zero-order valence-corrected chi connectivity index (χ0v) is 16.0. The smallest absolute Gasteiger partial charge is 0.424 e. The van der Waals surface area contributed by atoms with Crippen LogP contribution < -0.4 is 20.3 Å². The number of para-hydroxylation sites is 2. The van der Waals surface area contributed by atoms with Gasteiger partial charge in [-0.05, 0) is 31.2 Å². The highest BCUT2D eigenvalue weighted by Crippen LogP contribution is 2.27. The molecular formula is C20H23ClN3O3+. The van der Waals surface area contributed by atoms with Crippen LogP contribution in [0.4, 0.5) is 5.69 Å². The number of ether oxygens (including phenoxy) is 1. The number of hydrogen-bond donors (Lipinski definition) is 1. The van der Waals surface area contributed by atoms with Gasteiger partial charge in [0.2, 0.25) is 0 Å². The third-order valence-electron chi connectivity index (χ3n) is 4.99. The Kier molecular flexibility index (Phi) is 5.09. The van der Waals surface area contributed by atoms with Gasteiger partial charge in [-0.3, -0.25) is 0 Å². The average Bonchev–Trinajstić information content (AvgIpc) is 2.97. The number of piperazine rings is 1. The van der Waals surface area contributed by atoms with Crippen LogP contribution in [-0.4, -0.2) is 37.4 Å². The summed E-state index contributed by atoms with van der Waals surface area (Å²) in [7, 11) is 0. The molecule has 4 rings (SSSR count). The van der Waals surface area contributed by atoms with E-state index in [9.17, 15) is 4.79 Å². The van der Waals surface area contributed by atoms with Crippen molar-refractivity contribution in [3.05, 3.63) is 58.0 Å². The Bertz CT molecular complexity index is 990. The fourth-order valence-electron chi connectivity index (χ4n) is 3.63. The van der Waals surface area contributed by atoms with E-state index in [0.717, 1.165) is 43.1 Å². The molecule has 0 spiro atoms. The summed E-state index contributed by atoms with van der Waals surface area (Å²) < 4.78 is 12.8. The number of quaternary nitrogens is 1. The first-order valence-electron chi connectivity index (χ1n) is 9.25. The summed E-state index contributed by atoms with van der Waals surface area (Å²) in [6.45, 7) is 6.95. The van der Waals surface area contributed by atoms with Crippen LogP contribution in [0.3, 0.4) is 0 Å². The Balaban J connectivity index is 1.46. The van der Waals surface area contributed by atoms with Gasteiger partial charge in [0.25, 0.3) is 0 Å². The lowest BCUT2D eigenvalue weighted by Gasteiger charge is -2.34. The van der Waals surface area contributed by atoms with Crippen LogP contribution in [0.1, 0.15) is 6.92 Å². The SMILES string of the molecule is CCOc1ccccc1N1CC[NH+](Cn2c(=O)oc3cc(Cl)ccc32)CC1. The van der Waals surface area contributed by atoms with Crippen molar-refractivity contribution in [3.8, 4) is 5.75 Å². The van der Waals surface area contributed by atoms with Crippen LogP contribution in [0.15, 0.2) is 51.7 Å². The normalized spacial score (nSPS) is 15.4. The second-order valence-electron chi connectivity index (χ2n) is 6.70. The number of hydrogen-bond acceptors (Lipinski definition) is 4. The van der Waals surface area contributed by atoms with Gasteiger partial charge in [0.05, 0.1) is 44.0 Å². The zero-order valence-electron chi connectivity index (χ0n) is 15.3. The predicted molar refractivity (Wildman–Crippen MR) is 106 cm³/mol. The second kappa shape index (κ2) is 7.66. The maximum Gasteiger partial charge on any atom is 0.424 e. The average molecular weight is 389 g/mol. The monoisotopic (exact) mass is 388 g/mol. The predicted octanol–water partition coefficient (Wildman–Crippen LogP) is 2.01. The van der Waals surface area contributed by atoms with Gasteiger partial charge in [-0.15, -0.1) is 0 Å². The molecule has 2 aromatic carbocycles. The molecule has 2 heterocycles. The molecule has 3 aromatic rings. The summed E-state index contributed by atoms with van der Waals surface area (Å²) in [6, 6.07) is 13.5. The maximum absolute atomic E-state index is 12.2. The van der Waals surface area contributed by atoms with E-state index in [-0.39, 0.29) is 5.76 Å². The molecule has 7 heteroatoms. The first kappa shape index (κ1) is 17.9. The molecule has 0 unspecified atom stereocenters. The molecule has 142 valence electrons. The summed E-state index contributed by atoms with van der Waals surface area (Å²) >= 11 is 5.99. The summed E-state index contributed by atoms with van der Waals surface area (Å²) in [5, 5.41) is 0.567. The Morgan fingerprint density at radius 3 is 2.74 bits per heavy atom. The molecule has 1 saturated heterocycles. The quantitative estimate of drug-likeness (QED) is 0.726. The molecule has 27 heavy (non-hydrogen) atoms. The van der Waals surface area contributed by atoms with Crippen LogP contribution >= 0.6 is 11.6 Å². The van der Waals surface area contributed by atoms with Crippen molar-refractivity contribution in [2.24, 2.45) is 0 Å². The highest BCUT2D eigenvalue weighted by Gasteiger charge is 2.24. The van der Waals surface area contributed by atoms with Gasteiger partial charge >= 0.3 is 5.76 Å². The maximum atomic E-state index is 12.2. The minimum Gasteiger partial charge on any atom is -0.492 e. The van der Waals surface area contributed by atoms with E-state index in [4.69, 9.17) is 20.8 Å². The molecule has 0 radical (unpaired) electrons. The van der Waals surface area contributed by atoms with E-state index in [1.54, 1.807) is 16.7 Å². The highest BCUT2D eigenvalue weighted by atomic mass is 35.5. The molecule has 1 aromatic heterocycles. The molecule has 0 saturated carbocycles. The number of rotatable bonds is 5. The molecular weight excluding hydrogens is 366 g/mol. The largest absolute Gasteiger partial charge is 0.492 e. The van der Waals surface area contributed by atoms with Crippen molar-refractivity contribution in [1.29, 1.82) is 0 Å². The number of anilines is 1. The first-order chi connectivity index (χ1) is 13.2. The number of nitrogens with zero attached hydrogens (tertiary/aromatic N) is 2. The molecule has 0 atom stereocenters. The van der Waals surface area contributed by atoms with Gasteiger partial charge in [-0.2, -0.15) is 0 Å². The first-order valence-corrected chi connectivity index (χ1v) is 9.62. The van der Waals surface area contributed by atoms with Crippen molar-refractivity contribution < 1.29 is 14.1 Å². The van der Waals surface area contributed by atoms with E-state index in [1.807, 2.05) is 31.2 Å². The molecule has 1 N–H and O–H groups in total. The van der Waals surface area contributed by atoms with E-state index < -0.39 is 0 Å². The number of fused-ring (bicyclic) bond motifs is 1. The second-order valence-corrected chi connectivity index (χ2v) is 7.14. The fraction of sp³-hybridized carbons (Fsp3) is 0.350. The van der Waals surface area contributed by atoms with Crippen molar-refractivity contribution in [3.63, 3.8) is 0 Å². The zero-order chi connectivity index (χ0) is 18.8. The molecule has 6 nitrogen and oxygen atoms in total. The van der Waals surface area contributed by atoms with Gasteiger partial charge in [0.1, 0.15) is 5.75 Å². The van der Waals surface area contributed by atoms with Crippen LogP contribution in [-0.2, 0) is 6.67 Å². The molecule has 0 bridgehead atoms. The minimum absolute atomic E-state index is 0.330. The Labute approximate surface area is 162 Å². The number of halogens is 1. The summed E-state index contributed by atoms with van der Waals surface area (Å²) in [5.41, 5.74) is 2.47. The van der Waals surface area contributed by atoms with Crippen LogP contribution in [0.5, 0.6) is 5.75 Å². The van der Waals surface area contributed by atoms with Crippen LogP contribution in [0, 0.1) is 0 Å². The standard InChI is InChI=1S/C20H22ClN3O3/c1-2-26-18-6-4-3-5-16(18)23-11-9-22(10-12-23)14-24-17-8-7-15(21)13-19(17)27-20(24)25/h3-8,13H,2,9-12,14H2,1H3/p+1. The Morgan fingerprint density at radius 2 is 1.96 bits per heavy atom. The van der Waals surface area contributed by atoms with E-state index in [2.05, 4.69) is 11.0 Å². The third kappa shape index (κ3) is 3.68. The Hall–Kier alpha value is -2.44. The topological polar surface area (TPSA) is 52.0 Å². The summed E-state index contributed by atoms with van der Waals surface area (Å²) in [5.74, 6) is 0.598. The van der Waals surface area contributed by atoms with E-state index in [0.29, 0.717) is 23.9 Å². The number of aromatic nitrogens is 1. The van der Waals surface area contributed by atoms with Gasteiger partial charge in [-0.1, -0.05) is 23.7 Å². The number of oxazole rings is 1. The van der Waals surface area contributed by atoms with Crippen LogP contribution in [0.2, 0.25) is 5.02 Å². The lowest BCUT2D eigenvalue weighted by atomic mass is 10.2. The van der Waals surface area contributed by atoms with Gasteiger partial charge in [0, 0.05) is 11.1 Å². The van der Waals surface area contributed by atoms with E-state index in [1.165, 1.54) is 4.90 Å². The van der Waals surface area contributed by atoms with E-state index >= 15 is 0 Å². The van der Waals surface area contributed by atoms with Crippen molar-refractivity contribution >= 4 is 28.4 Å². The minimum atomic E-state index is -0.330. The van der Waals surface area contributed by atoms with Crippen molar-refractivity contribution in [2.75, 3.05) is 37.7 Å². The summed E-state index contributed by atoms with van der Waals surface area (Å²) in [6.07, 6.45) is 0. The lowest BCUT2D eigenvalue weighted by Crippen LogP contribution is -3.14. The van der Waals surface area contributed by atoms with Crippen molar-refractivity contribution in [1.82, 2.24) is 4.57 Å². The molecule has 0 aliphatic carbocycles. The summed E-state index contributed by atoms with van der Waals surface area (Å²) in [4.78, 5) is 15.9. The Morgan fingerprint density at radius 1 is 1.19 bits per heavy atom. The third-order valence-corrected chi connectivity index (χ3v) is 5.22. The molecule has 0 amide bonds.